The van der Waals surface area contributed by atoms with E-state index >= 15 is 0 Å². The lowest BCUT2D eigenvalue weighted by molar-refractivity contribution is 0.318. The van der Waals surface area contributed by atoms with Gasteiger partial charge in [0.05, 0.1) is 11.3 Å². The van der Waals surface area contributed by atoms with E-state index in [1.807, 2.05) is 6.07 Å². The second-order valence-electron chi connectivity index (χ2n) is 6.12. The molecule has 0 bridgehead atoms. The van der Waals surface area contributed by atoms with Crippen molar-refractivity contribution >= 4 is 11.5 Å². The van der Waals surface area contributed by atoms with Crippen molar-refractivity contribution in [3.8, 4) is 0 Å². The van der Waals surface area contributed by atoms with Gasteiger partial charge in [0.15, 0.2) is 5.84 Å². The fraction of sp³-hybridized carbons (Fsp3) is 0.533. The summed E-state index contributed by atoms with van der Waals surface area (Å²) in [7, 11) is 0. The zero-order valence-corrected chi connectivity index (χ0v) is 12.1. The van der Waals surface area contributed by atoms with Crippen molar-refractivity contribution < 1.29 is 9.60 Å². The Kier molecular flexibility index (Phi) is 4.16. The Morgan fingerprint density at radius 1 is 1.35 bits per heavy atom. The molecule has 0 unspecified atom stereocenters. The molecule has 0 amide bonds. The second kappa shape index (κ2) is 5.69. The van der Waals surface area contributed by atoms with Crippen LogP contribution in [-0.2, 0) is 0 Å². The first-order valence-corrected chi connectivity index (χ1v) is 6.96. The van der Waals surface area contributed by atoms with Gasteiger partial charge in [0.2, 0.25) is 0 Å². The van der Waals surface area contributed by atoms with Gasteiger partial charge in [-0.1, -0.05) is 25.1 Å². The summed E-state index contributed by atoms with van der Waals surface area (Å²) in [4.78, 5) is 2.13. The third-order valence-corrected chi connectivity index (χ3v) is 4.04. The number of oxime groups is 1. The molecule has 0 spiro atoms. The van der Waals surface area contributed by atoms with Crippen molar-refractivity contribution in [2.75, 3.05) is 18.0 Å². The van der Waals surface area contributed by atoms with Crippen LogP contribution in [0.5, 0.6) is 0 Å². The lowest BCUT2D eigenvalue weighted by atomic mass is 9.85. The predicted octanol–water partition coefficient (Wildman–Crippen LogP) is 2.94. The molecule has 0 aromatic heterocycles. The number of rotatable bonds is 2. The first kappa shape index (κ1) is 14.6. The number of halogens is 1. The molecule has 1 aliphatic heterocycles. The van der Waals surface area contributed by atoms with Gasteiger partial charge >= 0.3 is 0 Å². The average Bonchev–Trinajstić information content (AvgIpc) is 2.58. The van der Waals surface area contributed by atoms with Crippen molar-refractivity contribution in [1.29, 1.82) is 0 Å². The van der Waals surface area contributed by atoms with E-state index in [4.69, 9.17) is 10.9 Å². The minimum absolute atomic E-state index is 0.179. The maximum Gasteiger partial charge on any atom is 0.175 e. The van der Waals surface area contributed by atoms with Gasteiger partial charge in [-0.3, -0.25) is 0 Å². The fourth-order valence-corrected chi connectivity index (χ4v) is 2.74. The lowest BCUT2D eigenvalue weighted by Crippen LogP contribution is -2.29. The molecule has 1 heterocycles. The summed E-state index contributed by atoms with van der Waals surface area (Å²) < 4.78 is 14.0. The van der Waals surface area contributed by atoms with Crippen LogP contribution in [0.1, 0.15) is 38.7 Å². The van der Waals surface area contributed by atoms with Crippen molar-refractivity contribution in [3.63, 3.8) is 0 Å². The summed E-state index contributed by atoms with van der Waals surface area (Å²) in [6, 6.07) is 4.82. The van der Waals surface area contributed by atoms with Gasteiger partial charge in [-0.2, -0.15) is 0 Å². The molecule has 3 N–H and O–H groups in total. The molecule has 1 saturated heterocycles. The SMILES string of the molecule is CC1(C)CCCN(c2cccc(F)c2C(N)=NO)CC1. The molecule has 0 aliphatic carbocycles. The van der Waals surface area contributed by atoms with Crippen molar-refractivity contribution in [2.24, 2.45) is 16.3 Å². The van der Waals surface area contributed by atoms with Crippen molar-refractivity contribution in [2.45, 2.75) is 33.1 Å². The second-order valence-corrected chi connectivity index (χ2v) is 6.12. The van der Waals surface area contributed by atoms with Crippen LogP contribution in [0.15, 0.2) is 23.4 Å². The number of anilines is 1. The molecular formula is C15H22FN3O. The maximum absolute atomic E-state index is 14.0. The topological polar surface area (TPSA) is 61.8 Å². The normalized spacial score (nSPS) is 19.8. The highest BCUT2D eigenvalue weighted by atomic mass is 19.1. The molecule has 0 saturated carbocycles. The summed E-state index contributed by atoms with van der Waals surface area (Å²) in [5.41, 5.74) is 6.83. The quantitative estimate of drug-likeness (QED) is 0.379. The smallest absolute Gasteiger partial charge is 0.175 e. The number of amidine groups is 1. The summed E-state index contributed by atoms with van der Waals surface area (Å²) in [5, 5.41) is 11.8. The van der Waals surface area contributed by atoms with E-state index in [-0.39, 0.29) is 11.4 Å². The van der Waals surface area contributed by atoms with Crippen molar-refractivity contribution in [3.05, 3.63) is 29.6 Å². The highest BCUT2D eigenvalue weighted by molar-refractivity contribution is 6.02. The number of nitrogens with zero attached hydrogens (tertiary/aromatic N) is 2. The lowest BCUT2D eigenvalue weighted by Gasteiger charge is -2.26. The van der Waals surface area contributed by atoms with E-state index < -0.39 is 5.82 Å². The number of hydrogen-bond acceptors (Lipinski definition) is 3. The highest BCUT2D eigenvalue weighted by Gasteiger charge is 2.25. The molecule has 0 radical (unpaired) electrons. The van der Waals surface area contributed by atoms with E-state index in [9.17, 15) is 4.39 Å². The fourth-order valence-electron chi connectivity index (χ4n) is 2.74. The Morgan fingerprint density at radius 3 is 2.80 bits per heavy atom. The monoisotopic (exact) mass is 279 g/mol. The van der Waals surface area contributed by atoms with Crippen molar-refractivity contribution in [1.82, 2.24) is 0 Å². The largest absolute Gasteiger partial charge is 0.409 e. The van der Waals surface area contributed by atoms with Crippen LogP contribution in [0.4, 0.5) is 10.1 Å². The first-order valence-electron chi connectivity index (χ1n) is 6.96. The molecule has 1 aromatic carbocycles. The summed E-state index contributed by atoms with van der Waals surface area (Å²) in [6.07, 6.45) is 3.25. The van der Waals surface area contributed by atoms with E-state index in [0.717, 1.165) is 32.4 Å². The molecule has 5 heteroatoms. The van der Waals surface area contributed by atoms with Gasteiger partial charge < -0.3 is 15.8 Å². The number of benzene rings is 1. The van der Waals surface area contributed by atoms with Gasteiger partial charge in [-0.25, -0.2) is 4.39 Å². The average molecular weight is 279 g/mol. The molecule has 2 rings (SSSR count). The van der Waals surface area contributed by atoms with E-state index in [2.05, 4.69) is 23.9 Å². The Hall–Kier alpha value is -1.78. The Balaban J connectivity index is 2.35. The minimum atomic E-state index is -0.457. The Morgan fingerprint density at radius 2 is 2.10 bits per heavy atom. The molecule has 4 nitrogen and oxygen atoms in total. The molecular weight excluding hydrogens is 257 g/mol. The third-order valence-electron chi connectivity index (χ3n) is 4.04. The summed E-state index contributed by atoms with van der Waals surface area (Å²) >= 11 is 0. The molecule has 20 heavy (non-hydrogen) atoms. The van der Waals surface area contributed by atoms with E-state index in [0.29, 0.717) is 11.1 Å². The summed E-state index contributed by atoms with van der Waals surface area (Å²) in [6.45, 7) is 6.22. The van der Waals surface area contributed by atoms with E-state index in [1.54, 1.807) is 6.07 Å². The van der Waals surface area contributed by atoms with Crippen LogP contribution in [0, 0.1) is 11.2 Å². The Bertz CT molecular complexity index is 514. The number of hydrogen-bond donors (Lipinski definition) is 2. The molecule has 1 aromatic rings. The van der Waals surface area contributed by atoms with Crippen LogP contribution in [0.2, 0.25) is 0 Å². The van der Waals surface area contributed by atoms with Gasteiger partial charge in [-0.15, -0.1) is 0 Å². The molecule has 1 fully saturated rings. The van der Waals surface area contributed by atoms with Crippen LogP contribution in [0.25, 0.3) is 0 Å². The molecule has 1 aliphatic rings. The first-order chi connectivity index (χ1) is 9.44. The van der Waals surface area contributed by atoms with Gasteiger partial charge in [-0.05, 0) is 36.8 Å². The summed E-state index contributed by atoms with van der Waals surface area (Å²) in [5.74, 6) is -0.636. The van der Waals surface area contributed by atoms with Crippen LogP contribution in [-0.4, -0.2) is 24.1 Å². The molecule has 0 atom stereocenters. The zero-order valence-electron chi connectivity index (χ0n) is 12.1. The predicted molar refractivity (Wildman–Crippen MR) is 78.8 cm³/mol. The Labute approximate surface area is 119 Å². The van der Waals surface area contributed by atoms with Crippen LogP contribution < -0.4 is 10.6 Å². The number of nitrogens with two attached hydrogens (primary N) is 1. The third kappa shape index (κ3) is 3.03. The van der Waals surface area contributed by atoms with Crippen LogP contribution in [0.3, 0.4) is 0 Å². The molecule has 110 valence electrons. The minimum Gasteiger partial charge on any atom is -0.409 e. The maximum atomic E-state index is 14.0. The van der Waals surface area contributed by atoms with Crippen LogP contribution >= 0.6 is 0 Å². The zero-order chi connectivity index (χ0) is 14.8. The van der Waals surface area contributed by atoms with E-state index in [1.165, 1.54) is 6.07 Å². The standard InChI is InChI=1S/C15H22FN3O/c1-15(2)7-4-9-19(10-8-15)12-6-3-5-11(16)13(12)14(17)18-20/h3,5-6,20H,4,7-10H2,1-2H3,(H2,17,18). The highest BCUT2D eigenvalue weighted by Crippen LogP contribution is 2.33. The van der Waals surface area contributed by atoms with Gasteiger partial charge in [0.1, 0.15) is 5.82 Å². The van der Waals surface area contributed by atoms with Gasteiger partial charge in [0.25, 0.3) is 0 Å². The van der Waals surface area contributed by atoms with Gasteiger partial charge in [0, 0.05) is 13.1 Å².